The summed E-state index contributed by atoms with van der Waals surface area (Å²) in [6, 6.07) is 4.02. The Kier molecular flexibility index (Phi) is 3.10. The van der Waals surface area contributed by atoms with Gasteiger partial charge in [-0.05, 0) is 11.4 Å². The lowest BCUT2D eigenvalue weighted by molar-refractivity contribution is -0.128. The zero-order valence-electron chi connectivity index (χ0n) is 7.55. The van der Waals surface area contributed by atoms with Crippen molar-refractivity contribution in [3.05, 3.63) is 22.4 Å². The zero-order valence-corrected chi connectivity index (χ0v) is 9.18. The minimum atomic E-state index is 0.0359. The molecule has 0 unspecified atom stereocenters. The van der Waals surface area contributed by atoms with E-state index in [0.717, 1.165) is 0 Å². The van der Waals surface area contributed by atoms with Gasteiger partial charge in [0.2, 0.25) is 5.91 Å². The lowest BCUT2D eigenvalue weighted by atomic mass is 10.4. The lowest BCUT2D eigenvalue weighted by Gasteiger charge is -2.21. The summed E-state index contributed by atoms with van der Waals surface area (Å²) in [6.07, 6.45) is 0. The molecule has 0 bridgehead atoms. The average molecular weight is 229 g/mol. The maximum absolute atomic E-state index is 11.5. The summed E-state index contributed by atoms with van der Waals surface area (Å²) < 4.78 is 0. The molecule has 1 aromatic heterocycles. The molecule has 1 aromatic rings. The first kappa shape index (κ1) is 10.0. The molecule has 3 nitrogen and oxygen atoms in total. The van der Waals surface area contributed by atoms with Gasteiger partial charge in [-0.1, -0.05) is 6.07 Å². The Morgan fingerprint density at radius 1 is 1.64 bits per heavy atom. The number of thiophene rings is 1. The quantitative estimate of drug-likeness (QED) is 0.849. The van der Waals surface area contributed by atoms with Crippen LogP contribution in [-0.4, -0.2) is 34.8 Å². The number of nitrogens with zero attached hydrogens (tertiary/aromatic N) is 1. The van der Waals surface area contributed by atoms with Gasteiger partial charge in [0.25, 0.3) is 0 Å². The Bertz CT molecular complexity index is 313. The van der Waals surface area contributed by atoms with Crippen molar-refractivity contribution in [2.45, 2.75) is 5.37 Å². The van der Waals surface area contributed by atoms with Gasteiger partial charge in [0.1, 0.15) is 5.37 Å². The van der Waals surface area contributed by atoms with Crippen molar-refractivity contribution >= 4 is 29.0 Å². The third-order valence-electron chi connectivity index (χ3n) is 2.10. The van der Waals surface area contributed by atoms with Gasteiger partial charge in [-0.2, -0.15) is 0 Å². The molecule has 2 heterocycles. The van der Waals surface area contributed by atoms with Crippen molar-refractivity contribution in [3.63, 3.8) is 0 Å². The van der Waals surface area contributed by atoms with Crippen LogP contribution in [0.2, 0.25) is 0 Å². The van der Waals surface area contributed by atoms with Crippen LogP contribution in [0.15, 0.2) is 17.5 Å². The highest BCUT2D eigenvalue weighted by Crippen LogP contribution is 2.40. The van der Waals surface area contributed by atoms with Gasteiger partial charge in [-0.25, -0.2) is 0 Å². The van der Waals surface area contributed by atoms with Crippen LogP contribution in [0.1, 0.15) is 10.3 Å². The molecule has 0 radical (unpaired) electrons. The number of carbonyl (C=O) groups is 1. The van der Waals surface area contributed by atoms with Crippen LogP contribution in [0.3, 0.4) is 0 Å². The Morgan fingerprint density at radius 3 is 3.14 bits per heavy atom. The first-order valence-electron chi connectivity index (χ1n) is 4.38. The highest BCUT2D eigenvalue weighted by atomic mass is 32.2. The first-order valence-corrected chi connectivity index (χ1v) is 6.31. The number of β-amino-alcohol motifs (C(OH)–C–C–N with tert-alkyl or cyclic N) is 1. The van der Waals surface area contributed by atoms with E-state index in [-0.39, 0.29) is 17.9 Å². The maximum atomic E-state index is 11.5. The second kappa shape index (κ2) is 4.33. The Labute approximate surface area is 90.7 Å². The largest absolute Gasteiger partial charge is 0.395 e. The van der Waals surface area contributed by atoms with Crippen molar-refractivity contribution in [2.75, 3.05) is 18.9 Å². The smallest absolute Gasteiger partial charge is 0.233 e. The summed E-state index contributed by atoms with van der Waals surface area (Å²) in [7, 11) is 0. The van der Waals surface area contributed by atoms with Gasteiger partial charge >= 0.3 is 0 Å². The molecule has 1 atom stereocenters. The minimum Gasteiger partial charge on any atom is -0.395 e. The third kappa shape index (κ3) is 1.80. The average Bonchev–Trinajstić information content (AvgIpc) is 2.77. The summed E-state index contributed by atoms with van der Waals surface area (Å²) in [6.45, 7) is 0.475. The van der Waals surface area contributed by atoms with Gasteiger partial charge in [0.05, 0.1) is 12.4 Å². The van der Waals surface area contributed by atoms with E-state index in [2.05, 4.69) is 0 Å². The molecule has 5 heteroatoms. The van der Waals surface area contributed by atoms with E-state index in [1.165, 1.54) is 4.88 Å². The molecule has 1 amide bonds. The number of hydrogen-bond donors (Lipinski definition) is 1. The molecule has 0 saturated carbocycles. The highest BCUT2D eigenvalue weighted by molar-refractivity contribution is 8.00. The molecule has 1 aliphatic heterocycles. The number of aliphatic hydroxyl groups excluding tert-OH is 1. The van der Waals surface area contributed by atoms with Gasteiger partial charge < -0.3 is 10.0 Å². The van der Waals surface area contributed by atoms with Gasteiger partial charge in [0.15, 0.2) is 0 Å². The fourth-order valence-electron chi connectivity index (χ4n) is 1.47. The molecule has 1 aliphatic rings. The first-order chi connectivity index (χ1) is 6.83. The van der Waals surface area contributed by atoms with Crippen molar-refractivity contribution in [1.82, 2.24) is 4.90 Å². The topological polar surface area (TPSA) is 40.5 Å². The van der Waals surface area contributed by atoms with Crippen LogP contribution in [0.25, 0.3) is 0 Å². The Hall–Kier alpha value is -0.520. The fraction of sp³-hybridized carbons (Fsp3) is 0.444. The van der Waals surface area contributed by atoms with E-state index < -0.39 is 0 Å². The summed E-state index contributed by atoms with van der Waals surface area (Å²) in [5, 5.41) is 11.0. The van der Waals surface area contributed by atoms with E-state index in [4.69, 9.17) is 5.11 Å². The summed E-state index contributed by atoms with van der Waals surface area (Å²) in [5.41, 5.74) is 0. The van der Waals surface area contributed by atoms with E-state index in [1.54, 1.807) is 28.0 Å². The number of carbonyl (C=O) groups excluding carboxylic acids is 1. The van der Waals surface area contributed by atoms with Crippen LogP contribution >= 0.6 is 23.1 Å². The standard InChI is InChI=1S/C9H11NO2S2/c11-4-3-10-8(12)6-14-9(10)7-2-1-5-13-7/h1-2,5,9,11H,3-4,6H2/t9-/m0/s1. The molecule has 1 fully saturated rings. The van der Waals surface area contributed by atoms with Gasteiger partial charge in [-0.3, -0.25) is 4.79 Å². The predicted molar refractivity (Wildman–Crippen MR) is 58.3 cm³/mol. The van der Waals surface area contributed by atoms with Gasteiger partial charge in [-0.15, -0.1) is 23.1 Å². The molecule has 0 aromatic carbocycles. The monoisotopic (exact) mass is 229 g/mol. The molecule has 14 heavy (non-hydrogen) atoms. The molecule has 0 aliphatic carbocycles. The van der Waals surface area contributed by atoms with Gasteiger partial charge in [0, 0.05) is 11.4 Å². The summed E-state index contributed by atoms with van der Waals surface area (Å²) in [5.74, 6) is 0.658. The molecule has 0 spiro atoms. The van der Waals surface area contributed by atoms with Crippen LogP contribution < -0.4 is 0 Å². The number of thioether (sulfide) groups is 1. The van der Waals surface area contributed by atoms with Crippen LogP contribution in [0, 0.1) is 0 Å². The number of rotatable bonds is 3. The van der Waals surface area contributed by atoms with Crippen molar-refractivity contribution in [1.29, 1.82) is 0 Å². The lowest BCUT2D eigenvalue weighted by Crippen LogP contribution is -2.30. The van der Waals surface area contributed by atoms with Crippen LogP contribution in [0.5, 0.6) is 0 Å². The fourth-order valence-corrected chi connectivity index (χ4v) is 3.67. The molecule has 76 valence electrons. The normalized spacial score (nSPS) is 21.9. The van der Waals surface area contributed by atoms with Crippen LogP contribution in [0.4, 0.5) is 0 Å². The zero-order chi connectivity index (χ0) is 9.97. The number of hydrogen-bond acceptors (Lipinski definition) is 4. The second-order valence-corrected chi connectivity index (χ2v) is 5.04. The summed E-state index contributed by atoms with van der Waals surface area (Å²) in [4.78, 5) is 14.4. The van der Waals surface area contributed by atoms with Crippen molar-refractivity contribution < 1.29 is 9.90 Å². The van der Waals surface area contributed by atoms with E-state index in [9.17, 15) is 4.79 Å². The number of aliphatic hydroxyl groups is 1. The molecule has 1 saturated heterocycles. The van der Waals surface area contributed by atoms with E-state index in [0.29, 0.717) is 12.3 Å². The molecule has 2 rings (SSSR count). The summed E-state index contributed by atoms with van der Waals surface area (Å²) >= 11 is 3.29. The van der Waals surface area contributed by atoms with Crippen molar-refractivity contribution in [3.8, 4) is 0 Å². The highest BCUT2D eigenvalue weighted by Gasteiger charge is 2.32. The predicted octanol–water partition coefficient (Wildman–Crippen LogP) is 1.31. The maximum Gasteiger partial charge on any atom is 0.233 e. The molecular weight excluding hydrogens is 218 g/mol. The van der Waals surface area contributed by atoms with Crippen LogP contribution in [-0.2, 0) is 4.79 Å². The molecular formula is C9H11NO2S2. The SMILES string of the molecule is O=C1CS[C@@H](c2cccs2)N1CCO. The second-order valence-electron chi connectivity index (χ2n) is 2.99. The van der Waals surface area contributed by atoms with Crippen molar-refractivity contribution in [2.24, 2.45) is 0 Å². The van der Waals surface area contributed by atoms with E-state index in [1.807, 2.05) is 17.5 Å². The Balaban J connectivity index is 2.15. The minimum absolute atomic E-state index is 0.0359. The third-order valence-corrected chi connectivity index (χ3v) is 4.41. The molecule has 1 N–H and O–H groups in total. The number of amides is 1. The Morgan fingerprint density at radius 2 is 2.50 bits per heavy atom. The van der Waals surface area contributed by atoms with E-state index >= 15 is 0 Å².